The first-order valence-corrected chi connectivity index (χ1v) is 10.0. The number of nitrogens with zero attached hydrogens (tertiary/aromatic N) is 2. The normalized spacial score (nSPS) is 13.6. The zero-order valence-corrected chi connectivity index (χ0v) is 16.2. The summed E-state index contributed by atoms with van der Waals surface area (Å²) in [5.41, 5.74) is 1.01. The van der Waals surface area contributed by atoms with Crippen LogP contribution in [0, 0.1) is 5.82 Å². The van der Waals surface area contributed by atoms with Crippen LogP contribution in [-0.2, 0) is 11.3 Å². The SMILES string of the molecule is CN(Cc1ccccc1F)C(=O)c1ccccc1SCC(=O)N1CCCC1. The largest absolute Gasteiger partial charge is 0.342 e. The number of benzene rings is 2. The quantitative estimate of drug-likeness (QED) is 0.709. The first-order chi connectivity index (χ1) is 13.1. The number of rotatable bonds is 6. The van der Waals surface area contributed by atoms with Crippen molar-refractivity contribution in [1.29, 1.82) is 0 Å². The number of carbonyl (C=O) groups is 2. The van der Waals surface area contributed by atoms with Crippen molar-refractivity contribution in [2.24, 2.45) is 0 Å². The fourth-order valence-corrected chi connectivity index (χ4v) is 4.07. The molecule has 0 atom stereocenters. The van der Waals surface area contributed by atoms with Crippen molar-refractivity contribution in [1.82, 2.24) is 9.80 Å². The molecule has 1 aliphatic rings. The van der Waals surface area contributed by atoms with E-state index in [0.717, 1.165) is 30.8 Å². The van der Waals surface area contributed by atoms with Crippen LogP contribution < -0.4 is 0 Å². The Morgan fingerprint density at radius 2 is 1.74 bits per heavy atom. The van der Waals surface area contributed by atoms with Gasteiger partial charge >= 0.3 is 0 Å². The van der Waals surface area contributed by atoms with Gasteiger partial charge in [-0.25, -0.2) is 4.39 Å². The van der Waals surface area contributed by atoms with Gasteiger partial charge in [0.1, 0.15) is 5.82 Å². The highest BCUT2D eigenvalue weighted by Gasteiger charge is 2.20. The van der Waals surface area contributed by atoms with E-state index in [1.54, 1.807) is 37.4 Å². The zero-order valence-electron chi connectivity index (χ0n) is 15.4. The molecule has 0 radical (unpaired) electrons. The van der Waals surface area contributed by atoms with E-state index < -0.39 is 0 Å². The third-order valence-electron chi connectivity index (χ3n) is 4.64. The van der Waals surface area contributed by atoms with Crippen LogP contribution in [-0.4, -0.2) is 47.5 Å². The Morgan fingerprint density at radius 1 is 1.07 bits per heavy atom. The molecule has 1 heterocycles. The van der Waals surface area contributed by atoms with E-state index in [-0.39, 0.29) is 24.2 Å². The topological polar surface area (TPSA) is 40.6 Å². The monoisotopic (exact) mass is 386 g/mol. The van der Waals surface area contributed by atoms with E-state index in [4.69, 9.17) is 0 Å². The van der Waals surface area contributed by atoms with Crippen LogP contribution in [0.2, 0.25) is 0 Å². The summed E-state index contributed by atoms with van der Waals surface area (Å²) in [5, 5.41) is 0. The van der Waals surface area contributed by atoms with Gasteiger partial charge in [-0.2, -0.15) is 0 Å². The van der Waals surface area contributed by atoms with Crippen molar-refractivity contribution in [2.45, 2.75) is 24.3 Å². The van der Waals surface area contributed by atoms with E-state index in [2.05, 4.69) is 0 Å². The summed E-state index contributed by atoms with van der Waals surface area (Å²) in [6.07, 6.45) is 2.12. The van der Waals surface area contributed by atoms with Gasteiger partial charge < -0.3 is 9.80 Å². The molecule has 6 heteroatoms. The molecule has 0 N–H and O–H groups in total. The van der Waals surface area contributed by atoms with Gasteiger partial charge in [-0.3, -0.25) is 9.59 Å². The second kappa shape index (κ2) is 9.04. The lowest BCUT2D eigenvalue weighted by Gasteiger charge is -2.20. The van der Waals surface area contributed by atoms with Crippen molar-refractivity contribution in [3.63, 3.8) is 0 Å². The fourth-order valence-electron chi connectivity index (χ4n) is 3.13. The molecule has 0 bridgehead atoms. The molecule has 0 saturated carbocycles. The standard InChI is InChI=1S/C21H23FN2O2S/c1-23(14-16-8-2-4-10-18(16)22)21(26)17-9-3-5-11-19(17)27-15-20(25)24-12-6-7-13-24/h2-5,8-11H,6-7,12-15H2,1H3. The van der Waals surface area contributed by atoms with Gasteiger partial charge in [0, 0.05) is 37.1 Å². The van der Waals surface area contributed by atoms with Gasteiger partial charge in [-0.15, -0.1) is 11.8 Å². The molecule has 0 unspecified atom stereocenters. The number of carbonyl (C=O) groups excluding carboxylic acids is 2. The maximum Gasteiger partial charge on any atom is 0.255 e. The third kappa shape index (κ3) is 4.89. The van der Waals surface area contributed by atoms with Crippen molar-refractivity contribution in [3.05, 3.63) is 65.5 Å². The van der Waals surface area contributed by atoms with Gasteiger partial charge in [0.15, 0.2) is 0 Å². The lowest BCUT2D eigenvalue weighted by Crippen LogP contribution is -2.29. The Balaban J connectivity index is 1.67. The van der Waals surface area contributed by atoms with Crippen LogP contribution in [0.25, 0.3) is 0 Å². The average Bonchev–Trinajstić information content (AvgIpc) is 3.22. The van der Waals surface area contributed by atoms with E-state index >= 15 is 0 Å². The summed E-state index contributed by atoms with van der Waals surface area (Å²) in [6.45, 7) is 1.84. The van der Waals surface area contributed by atoms with Crippen LogP contribution in [0.15, 0.2) is 53.4 Å². The molecule has 1 aliphatic heterocycles. The number of likely N-dealkylation sites (tertiary alicyclic amines) is 1. The Hall–Kier alpha value is -2.34. The molecule has 3 rings (SSSR count). The van der Waals surface area contributed by atoms with Crippen LogP contribution >= 0.6 is 11.8 Å². The lowest BCUT2D eigenvalue weighted by molar-refractivity contribution is -0.127. The molecule has 0 aliphatic carbocycles. The summed E-state index contributed by atoms with van der Waals surface area (Å²) >= 11 is 1.38. The van der Waals surface area contributed by atoms with Gasteiger partial charge in [0.25, 0.3) is 5.91 Å². The predicted octanol–water partition coefficient (Wildman–Crippen LogP) is 3.81. The van der Waals surface area contributed by atoms with Crippen molar-refractivity contribution >= 4 is 23.6 Å². The van der Waals surface area contributed by atoms with Crippen LogP contribution in [0.3, 0.4) is 0 Å². The Labute approximate surface area is 163 Å². The molecule has 2 aromatic carbocycles. The summed E-state index contributed by atoms with van der Waals surface area (Å²) in [6, 6.07) is 13.7. The number of hydrogen-bond acceptors (Lipinski definition) is 3. The molecule has 0 spiro atoms. The summed E-state index contributed by atoms with van der Waals surface area (Å²) in [4.78, 5) is 29.3. The Bertz CT molecular complexity index is 821. The lowest BCUT2D eigenvalue weighted by atomic mass is 10.1. The molecule has 142 valence electrons. The van der Waals surface area contributed by atoms with E-state index in [9.17, 15) is 14.0 Å². The third-order valence-corrected chi connectivity index (χ3v) is 5.70. The van der Waals surface area contributed by atoms with E-state index in [1.165, 1.54) is 22.7 Å². The average molecular weight is 386 g/mol. The summed E-state index contributed by atoms with van der Waals surface area (Å²) in [5.74, 6) is -0.0770. The maximum atomic E-state index is 13.9. The minimum absolute atomic E-state index is 0.111. The molecule has 4 nitrogen and oxygen atoms in total. The number of amides is 2. The van der Waals surface area contributed by atoms with Gasteiger partial charge in [-0.1, -0.05) is 30.3 Å². The van der Waals surface area contributed by atoms with Gasteiger partial charge in [0.05, 0.1) is 11.3 Å². The van der Waals surface area contributed by atoms with E-state index in [1.807, 2.05) is 17.0 Å². The molecular formula is C21H23FN2O2S. The summed E-state index contributed by atoms with van der Waals surface area (Å²) < 4.78 is 13.9. The fraction of sp³-hybridized carbons (Fsp3) is 0.333. The number of thioether (sulfide) groups is 1. The van der Waals surface area contributed by atoms with Crippen LogP contribution in [0.5, 0.6) is 0 Å². The minimum Gasteiger partial charge on any atom is -0.342 e. The van der Waals surface area contributed by atoms with Crippen molar-refractivity contribution in [2.75, 3.05) is 25.9 Å². The molecule has 0 aromatic heterocycles. The molecular weight excluding hydrogens is 363 g/mol. The van der Waals surface area contributed by atoms with Gasteiger partial charge in [0.2, 0.25) is 5.91 Å². The van der Waals surface area contributed by atoms with E-state index in [0.29, 0.717) is 16.9 Å². The second-order valence-electron chi connectivity index (χ2n) is 6.63. The predicted molar refractivity (Wildman–Crippen MR) is 105 cm³/mol. The zero-order chi connectivity index (χ0) is 19.2. The van der Waals surface area contributed by atoms with Crippen molar-refractivity contribution < 1.29 is 14.0 Å². The Kier molecular flexibility index (Phi) is 6.50. The smallest absolute Gasteiger partial charge is 0.255 e. The Morgan fingerprint density at radius 3 is 2.48 bits per heavy atom. The highest BCUT2D eigenvalue weighted by atomic mass is 32.2. The molecule has 1 fully saturated rings. The minimum atomic E-state index is -0.323. The van der Waals surface area contributed by atoms with Crippen LogP contribution in [0.4, 0.5) is 4.39 Å². The molecule has 27 heavy (non-hydrogen) atoms. The highest BCUT2D eigenvalue weighted by molar-refractivity contribution is 8.00. The number of halogens is 1. The van der Waals surface area contributed by atoms with Crippen molar-refractivity contribution in [3.8, 4) is 0 Å². The van der Waals surface area contributed by atoms with Gasteiger partial charge in [-0.05, 0) is 31.0 Å². The second-order valence-corrected chi connectivity index (χ2v) is 7.64. The number of hydrogen-bond donors (Lipinski definition) is 0. The first-order valence-electron chi connectivity index (χ1n) is 9.04. The molecule has 2 amide bonds. The molecule has 2 aromatic rings. The first kappa shape index (κ1) is 19.4. The highest BCUT2D eigenvalue weighted by Crippen LogP contribution is 2.25. The summed E-state index contributed by atoms with van der Waals surface area (Å²) in [7, 11) is 1.66. The molecule has 1 saturated heterocycles. The maximum absolute atomic E-state index is 13.9. The van der Waals surface area contributed by atoms with Crippen LogP contribution in [0.1, 0.15) is 28.8 Å².